The topological polar surface area (TPSA) is 47.0 Å². The molecule has 1 heterocycles. The highest BCUT2D eigenvalue weighted by atomic mass is 127. The molecule has 0 fully saturated rings. The molecule has 0 saturated heterocycles. The van der Waals surface area contributed by atoms with Crippen molar-refractivity contribution in [2.45, 2.75) is 20.5 Å². The highest BCUT2D eigenvalue weighted by Crippen LogP contribution is 2.26. The largest absolute Gasteiger partial charge is 0.378 e. The van der Waals surface area contributed by atoms with Crippen molar-refractivity contribution >= 4 is 28.4 Å². The van der Waals surface area contributed by atoms with Gasteiger partial charge in [0.1, 0.15) is 5.82 Å². The maximum atomic E-state index is 5.23. The van der Waals surface area contributed by atoms with Crippen LogP contribution in [0, 0.1) is 17.4 Å². The van der Waals surface area contributed by atoms with E-state index in [0.717, 1.165) is 26.5 Å². The van der Waals surface area contributed by atoms with Crippen LogP contribution in [0.5, 0.6) is 0 Å². The van der Waals surface area contributed by atoms with Crippen LogP contribution in [0.15, 0.2) is 18.2 Å². The van der Waals surface area contributed by atoms with Gasteiger partial charge in [0.25, 0.3) is 0 Å². The maximum absolute atomic E-state index is 5.23. The van der Waals surface area contributed by atoms with Crippen LogP contribution >= 0.6 is 22.6 Å². The van der Waals surface area contributed by atoms with Gasteiger partial charge >= 0.3 is 0 Å². The normalized spacial score (nSPS) is 10.7. The van der Waals surface area contributed by atoms with Crippen molar-refractivity contribution in [1.29, 1.82) is 0 Å². The molecular weight excluding hydrogens is 365 g/mol. The van der Waals surface area contributed by atoms with Gasteiger partial charge in [0, 0.05) is 19.7 Å². The molecule has 20 heavy (non-hydrogen) atoms. The number of aryl methyl sites for hydroxylation is 2. The Morgan fingerprint density at radius 2 is 2.00 bits per heavy atom. The van der Waals surface area contributed by atoms with Crippen LogP contribution in [0.4, 0.5) is 5.82 Å². The predicted octanol–water partition coefficient (Wildman–Crippen LogP) is 3.55. The van der Waals surface area contributed by atoms with E-state index in [-0.39, 0.29) is 0 Å². The number of rotatable bonds is 4. The Labute approximate surface area is 133 Å². The third kappa shape index (κ3) is 3.09. The molecule has 0 radical (unpaired) electrons. The van der Waals surface area contributed by atoms with Gasteiger partial charge in [-0.15, -0.1) is 0 Å². The summed E-state index contributed by atoms with van der Waals surface area (Å²) in [4.78, 5) is 9.26. The second kappa shape index (κ2) is 6.49. The van der Waals surface area contributed by atoms with E-state index in [4.69, 9.17) is 4.74 Å². The molecule has 4 nitrogen and oxygen atoms in total. The lowest BCUT2D eigenvalue weighted by atomic mass is 10.1. The van der Waals surface area contributed by atoms with Crippen LogP contribution < -0.4 is 5.32 Å². The average molecular weight is 383 g/mol. The number of ether oxygens (including phenoxy) is 1. The highest BCUT2D eigenvalue weighted by molar-refractivity contribution is 14.1. The molecule has 0 unspecified atom stereocenters. The SMILES string of the molecule is CNc1nc(-c2ccc(C)cc2C)nc(COC)c1I. The Bertz CT molecular complexity index is 629. The van der Waals surface area contributed by atoms with E-state index < -0.39 is 0 Å². The third-order valence-corrected chi connectivity index (χ3v) is 4.19. The third-order valence-electron chi connectivity index (χ3n) is 3.06. The molecule has 2 rings (SSSR count). The first-order valence-electron chi connectivity index (χ1n) is 6.37. The monoisotopic (exact) mass is 383 g/mol. The van der Waals surface area contributed by atoms with Crippen molar-refractivity contribution in [2.24, 2.45) is 0 Å². The van der Waals surface area contributed by atoms with Crippen LogP contribution in [0.25, 0.3) is 11.4 Å². The molecule has 0 aliphatic rings. The van der Waals surface area contributed by atoms with Gasteiger partial charge in [-0.1, -0.05) is 23.8 Å². The summed E-state index contributed by atoms with van der Waals surface area (Å²) in [5, 5.41) is 3.12. The minimum Gasteiger partial charge on any atom is -0.378 e. The molecule has 0 saturated carbocycles. The molecule has 0 spiro atoms. The van der Waals surface area contributed by atoms with E-state index in [9.17, 15) is 0 Å². The average Bonchev–Trinajstić information content (AvgIpc) is 2.41. The van der Waals surface area contributed by atoms with Gasteiger partial charge in [0.15, 0.2) is 5.82 Å². The molecule has 106 valence electrons. The molecule has 0 aliphatic heterocycles. The molecule has 2 aromatic rings. The van der Waals surface area contributed by atoms with Crippen LogP contribution in [0.2, 0.25) is 0 Å². The summed E-state index contributed by atoms with van der Waals surface area (Å²) in [6, 6.07) is 6.30. The molecule has 1 aromatic heterocycles. The number of nitrogens with zero attached hydrogens (tertiary/aromatic N) is 2. The van der Waals surface area contributed by atoms with E-state index in [1.165, 1.54) is 11.1 Å². The van der Waals surface area contributed by atoms with E-state index in [1.54, 1.807) is 7.11 Å². The fourth-order valence-corrected chi connectivity index (χ4v) is 2.74. The minimum atomic E-state index is 0.480. The fraction of sp³-hybridized carbons (Fsp3) is 0.333. The predicted molar refractivity (Wildman–Crippen MR) is 89.9 cm³/mol. The van der Waals surface area contributed by atoms with Crippen LogP contribution in [0.3, 0.4) is 0 Å². The zero-order valence-electron chi connectivity index (χ0n) is 12.1. The molecule has 0 atom stereocenters. The quantitative estimate of drug-likeness (QED) is 0.821. The fourth-order valence-electron chi connectivity index (χ4n) is 2.08. The zero-order chi connectivity index (χ0) is 14.7. The smallest absolute Gasteiger partial charge is 0.162 e. The lowest BCUT2D eigenvalue weighted by Gasteiger charge is -2.12. The number of hydrogen-bond donors (Lipinski definition) is 1. The molecule has 1 aromatic carbocycles. The Hall–Kier alpha value is -1.21. The molecular formula is C15H18IN3O. The summed E-state index contributed by atoms with van der Waals surface area (Å²) in [6.45, 7) is 4.65. The van der Waals surface area contributed by atoms with Crippen LogP contribution in [0.1, 0.15) is 16.8 Å². The first-order chi connectivity index (χ1) is 9.56. The number of anilines is 1. The summed E-state index contributed by atoms with van der Waals surface area (Å²) in [5.74, 6) is 1.57. The molecule has 0 bridgehead atoms. The van der Waals surface area contributed by atoms with Crippen molar-refractivity contribution in [3.63, 3.8) is 0 Å². The molecule has 0 amide bonds. The highest BCUT2D eigenvalue weighted by Gasteiger charge is 2.13. The summed E-state index contributed by atoms with van der Waals surface area (Å²) >= 11 is 2.25. The number of benzene rings is 1. The van der Waals surface area contributed by atoms with Crippen molar-refractivity contribution in [1.82, 2.24) is 9.97 Å². The number of hydrogen-bond acceptors (Lipinski definition) is 4. The van der Waals surface area contributed by atoms with Crippen molar-refractivity contribution in [2.75, 3.05) is 19.5 Å². The minimum absolute atomic E-state index is 0.480. The van der Waals surface area contributed by atoms with Gasteiger partial charge in [-0.05, 0) is 42.0 Å². The molecule has 0 aliphatic carbocycles. The first kappa shape index (κ1) is 15.2. The Morgan fingerprint density at radius 1 is 1.25 bits per heavy atom. The number of halogens is 1. The van der Waals surface area contributed by atoms with Gasteiger partial charge in [-0.2, -0.15) is 0 Å². The van der Waals surface area contributed by atoms with Crippen molar-refractivity contribution in [3.8, 4) is 11.4 Å². The summed E-state index contributed by atoms with van der Waals surface area (Å²) in [5.41, 5.74) is 4.38. The van der Waals surface area contributed by atoms with E-state index in [1.807, 2.05) is 7.05 Å². The van der Waals surface area contributed by atoms with Gasteiger partial charge in [-0.25, -0.2) is 9.97 Å². The summed E-state index contributed by atoms with van der Waals surface area (Å²) < 4.78 is 6.23. The molecule has 5 heteroatoms. The van der Waals surface area contributed by atoms with Gasteiger partial charge in [0.05, 0.1) is 15.9 Å². The zero-order valence-corrected chi connectivity index (χ0v) is 14.3. The Kier molecular flexibility index (Phi) is 4.93. The van der Waals surface area contributed by atoms with Gasteiger partial charge < -0.3 is 10.1 Å². The first-order valence-corrected chi connectivity index (χ1v) is 7.45. The number of nitrogens with one attached hydrogen (secondary N) is 1. The lowest BCUT2D eigenvalue weighted by molar-refractivity contribution is 0.181. The lowest BCUT2D eigenvalue weighted by Crippen LogP contribution is -2.06. The Balaban J connectivity index is 2.58. The van der Waals surface area contributed by atoms with E-state index in [2.05, 4.69) is 69.9 Å². The second-order valence-corrected chi connectivity index (χ2v) is 5.74. The second-order valence-electron chi connectivity index (χ2n) is 4.66. The van der Waals surface area contributed by atoms with Crippen LogP contribution in [-0.2, 0) is 11.3 Å². The summed E-state index contributed by atoms with van der Waals surface area (Å²) in [6.07, 6.45) is 0. The van der Waals surface area contributed by atoms with Crippen LogP contribution in [-0.4, -0.2) is 24.1 Å². The standard InChI is InChI=1S/C15H18IN3O/c1-9-5-6-11(10(2)7-9)14-18-12(8-20-4)13(16)15(17-3)19-14/h5-7H,8H2,1-4H3,(H,17,18,19). The number of methoxy groups -OCH3 is 1. The maximum Gasteiger partial charge on any atom is 0.162 e. The van der Waals surface area contributed by atoms with Gasteiger partial charge in [0.2, 0.25) is 0 Å². The van der Waals surface area contributed by atoms with E-state index in [0.29, 0.717) is 6.61 Å². The number of aromatic nitrogens is 2. The van der Waals surface area contributed by atoms with Crippen molar-refractivity contribution in [3.05, 3.63) is 38.6 Å². The molecule has 1 N–H and O–H groups in total. The van der Waals surface area contributed by atoms with Gasteiger partial charge in [-0.3, -0.25) is 0 Å². The summed E-state index contributed by atoms with van der Waals surface area (Å²) in [7, 11) is 3.54. The van der Waals surface area contributed by atoms with Crippen molar-refractivity contribution < 1.29 is 4.74 Å². The van der Waals surface area contributed by atoms with E-state index >= 15 is 0 Å². The Morgan fingerprint density at radius 3 is 2.60 bits per heavy atom.